The molecule has 22 heavy (non-hydrogen) atoms. The summed E-state index contributed by atoms with van der Waals surface area (Å²) in [5, 5.41) is 4.58. The number of methoxy groups -OCH3 is 1. The Labute approximate surface area is 138 Å². The van der Waals surface area contributed by atoms with E-state index >= 15 is 0 Å². The van der Waals surface area contributed by atoms with Crippen molar-refractivity contribution in [3.05, 3.63) is 40.5 Å². The molecule has 1 N–H and O–H groups in total. The van der Waals surface area contributed by atoms with Crippen molar-refractivity contribution in [2.24, 2.45) is 0 Å². The Kier molecular flexibility index (Phi) is 4.57. The first-order chi connectivity index (χ1) is 10.7. The summed E-state index contributed by atoms with van der Waals surface area (Å²) in [6, 6.07) is 10.3. The number of nitrogens with one attached hydrogen (secondary N) is 1. The quantitative estimate of drug-likeness (QED) is 0.556. The van der Waals surface area contributed by atoms with Crippen molar-refractivity contribution in [2.45, 2.75) is 6.92 Å². The third-order valence-electron chi connectivity index (χ3n) is 3.36. The molecule has 0 unspecified atom stereocenters. The summed E-state index contributed by atoms with van der Waals surface area (Å²) < 4.78 is 5.09. The van der Waals surface area contributed by atoms with Gasteiger partial charge in [-0.3, -0.25) is 0 Å². The molecule has 2 aromatic heterocycles. The first-order valence-electron chi connectivity index (χ1n) is 6.95. The molecule has 0 spiro atoms. The topological polar surface area (TPSA) is 47.0 Å². The van der Waals surface area contributed by atoms with Crippen LogP contribution in [0.5, 0.6) is 0 Å². The maximum absolute atomic E-state index is 6.06. The number of hydrogen-bond acceptors (Lipinski definition) is 5. The van der Waals surface area contributed by atoms with Crippen LogP contribution in [0.4, 0.5) is 5.82 Å². The van der Waals surface area contributed by atoms with Crippen LogP contribution < -0.4 is 5.32 Å². The molecule has 0 bridgehead atoms. The summed E-state index contributed by atoms with van der Waals surface area (Å²) in [7, 11) is 1.67. The van der Waals surface area contributed by atoms with E-state index in [1.54, 1.807) is 18.4 Å². The fourth-order valence-electron chi connectivity index (χ4n) is 2.44. The largest absolute Gasteiger partial charge is 0.383 e. The number of ether oxygens (including phenoxy) is 1. The molecule has 2 heterocycles. The van der Waals surface area contributed by atoms with E-state index in [2.05, 4.69) is 34.3 Å². The molecule has 0 aliphatic heterocycles. The highest BCUT2D eigenvalue weighted by molar-refractivity contribution is 7.19. The monoisotopic (exact) mass is 333 g/mol. The molecule has 1 aromatic carbocycles. The van der Waals surface area contributed by atoms with Crippen molar-refractivity contribution >= 4 is 39.0 Å². The van der Waals surface area contributed by atoms with Gasteiger partial charge < -0.3 is 10.1 Å². The Balaban J connectivity index is 2.17. The number of thiophene rings is 1. The van der Waals surface area contributed by atoms with Crippen LogP contribution in [0.1, 0.15) is 4.88 Å². The molecule has 0 saturated heterocycles. The Morgan fingerprint density at radius 2 is 2.00 bits per heavy atom. The zero-order valence-electron chi connectivity index (χ0n) is 12.4. The summed E-state index contributed by atoms with van der Waals surface area (Å²) >= 11 is 7.69. The van der Waals surface area contributed by atoms with Gasteiger partial charge in [0.15, 0.2) is 0 Å². The van der Waals surface area contributed by atoms with E-state index in [4.69, 9.17) is 16.3 Å². The van der Waals surface area contributed by atoms with Crippen LogP contribution in [0.3, 0.4) is 0 Å². The van der Waals surface area contributed by atoms with Crippen LogP contribution in [-0.2, 0) is 4.74 Å². The van der Waals surface area contributed by atoms with Crippen LogP contribution in [0.15, 0.2) is 30.3 Å². The molecule has 0 saturated carbocycles. The molecule has 0 radical (unpaired) electrons. The van der Waals surface area contributed by atoms with Gasteiger partial charge in [0.1, 0.15) is 10.6 Å². The number of rotatable bonds is 5. The third kappa shape index (κ3) is 2.92. The van der Waals surface area contributed by atoms with Gasteiger partial charge in [0.25, 0.3) is 0 Å². The van der Waals surface area contributed by atoms with Crippen molar-refractivity contribution in [3.63, 3.8) is 0 Å². The highest BCUT2D eigenvalue weighted by Crippen LogP contribution is 2.40. The molecule has 3 rings (SSSR count). The lowest BCUT2D eigenvalue weighted by atomic mass is 10.0. The number of nitrogens with zero attached hydrogens (tertiary/aromatic N) is 2. The molecule has 0 amide bonds. The standard InChI is InChI=1S/C16H16ClN3OS/c1-10-12(11-6-4-3-5-7-11)13-14(18-8-9-21-2)19-16(17)20-15(13)22-10/h3-7H,8-9H2,1-2H3,(H,18,19,20). The summed E-state index contributed by atoms with van der Waals surface area (Å²) in [5.41, 5.74) is 2.32. The first-order valence-corrected chi connectivity index (χ1v) is 8.15. The van der Waals surface area contributed by atoms with E-state index in [0.29, 0.717) is 13.2 Å². The van der Waals surface area contributed by atoms with Gasteiger partial charge in [-0.15, -0.1) is 11.3 Å². The van der Waals surface area contributed by atoms with Crippen LogP contribution in [0, 0.1) is 6.92 Å². The minimum absolute atomic E-state index is 0.258. The van der Waals surface area contributed by atoms with Gasteiger partial charge in [0, 0.05) is 24.1 Å². The predicted octanol–water partition coefficient (Wildman–Crippen LogP) is 4.38. The average Bonchev–Trinajstić information content (AvgIpc) is 2.84. The number of halogens is 1. The van der Waals surface area contributed by atoms with E-state index in [-0.39, 0.29) is 5.28 Å². The van der Waals surface area contributed by atoms with Crippen LogP contribution >= 0.6 is 22.9 Å². The van der Waals surface area contributed by atoms with Crippen molar-refractivity contribution in [1.82, 2.24) is 9.97 Å². The lowest BCUT2D eigenvalue weighted by Gasteiger charge is -2.09. The van der Waals surface area contributed by atoms with Gasteiger partial charge in [-0.25, -0.2) is 9.97 Å². The highest BCUT2D eigenvalue weighted by atomic mass is 35.5. The third-order valence-corrected chi connectivity index (χ3v) is 4.53. The van der Waals surface area contributed by atoms with Crippen molar-refractivity contribution in [1.29, 1.82) is 0 Å². The van der Waals surface area contributed by atoms with Crippen LogP contribution in [0.2, 0.25) is 5.28 Å². The van der Waals surface area contributed by atoms with E-state index in [9.17, 15) is 0 Å². The van der Waals surface area contributed by atoms with Gasteiger partial charge in [-0.1, -0.05) is 30.3 Å². The van der Waals surface area contributed by atoms with Gasteiger partial charge in [-0.05, 0) is 24.1 Å². The molecule has 3 aromatic rings. The molecule has 4 nitrogen and oxygen atoms in total. The molecule has 6 heteroatoms. The maximum Gasteiger partial charge on any atom is 0.225 e. The Bertz CT molecular complexity index is 789. The Morgan fingerprint density at radius 1 is 1.23 bits per heavy atom. The van der Waals surface area contributed by atoms with Gasteiger partial charge >= 0.3 is 0 Å². The van der Waals surface area contributed by atoms with Gasteiger partial charge in [0.05, 0.1) is 12.0 Å². The summed E-state index contributed by atoms with van der Waals surface area (Å²) in [5.74, 6) is 0.759. The summed E-state index contributed by atoms with van der Waals surface area (Å²) in [6.07, 6.45) is 0. The van der Waals surface area contributed by atoms with E-state index < -0.39 is 0 Å². The van der Waals surface area contributed by atoms with Crippen LogP contribution in [0.25, 0.3) is 21.3 Å². The second-order valence-electron chi connectivity index (χ2n) is 4.84. The second kappa shape index (κ2) is 6.60. The average molecular weight is 334 g/mol. The smallest absolute Gasteiger partial charge is 0.225 e. The molecule has 0 aliphatic rings. The number of aromatic nitrogens is 2. The van der Waals surface area contributed by atoms with E-state index in [1.807, 2.05) is 18.2 Å². The fourth-order valence-corrected chi connectivity index (χ4v) is 3.70. The lowest BCUT2D eigenvalue weighted by molar-refractivity contribution is 0.210. The SMILES string of the molecule is COCCNc1nc(Cl)nc2sc(C)c(-c3ccccc3)c12. The zero-order valence-corrected chi connectivity index (χ0v) is 14.0. The minimum atomic E-state index is 0.258. The summed E-state index contributed by atoms with van der Waals surface area (Å²) in [4.78, 5) is 10.8. The highest BCUT2D eigenvalue weighted by Gasteiger charge is 2.17. The number of fused-ring (bicyclic) bond motifs is 1. The van der Waals surface area contributed by atoms with E-state index in [1.165, 1.54) is 4.88 Å². The molecular formula is C16H16ClN3OS. The maximum atomic E-state index is 6.06. The first kappa shape index (κ1) is 15.2. The Hall–Kier alpha value is -1.69. The normalized spacial score (nSPS) is 11.0. The molecule has 0 atom stereocenters. The molecular weight excluding hydrogens is 318 g/mol. The van der Waals surface area contributed by atoms with Crippen LogP contribution in [-0.4, -0.2) is 30.2 Å². The van der Waals surface area contributed by atoms with E-state index in [0.717, 1.165) is 27.2 Å². The minimum Gasteiger partial charge on any atom is -0.383 e. The molecule has 0 aliphatic carbocycles. The lowest BCUT2D eigenvalue weighted by Crippen LogP contribution is -2.09. The number of anilines is 1. The number of benzene rings is 1. The zero-order chi connectivity index (χ0) is 15.5. The van der Waals surface area contributed by atoms with Gasteiger partial charge in [-0.2, -0.15) is 0 Å². The number of hydrogen-bond donors (Lipinski definition) is 1. The molecule has 0 fully saturated rings. The van der Waals surface area contributed by atoms with Crippen molar-refractivity contribution in [3.8, 4) is 11.1 Å². The number of aryl methyl sites for hydroxylation is 1. The fraction of sp³-hybridized carbons (Fsp3) is 0.250. The van der Waals surface area contributed by atoms with Gasteiger partial charge in [0.2, 0.25) is 5.28 Å². The van der Waals surface area contributed by atoms with Crippen molar-refractivity contribution in [2.75, 3.05) is 25.6 Å². The predicted molar refractivity (Wildman–Crippen MR) is 93.0 cm³/mol. The molecule has 114 valence electrons. The van der Waals surface area contributed by atoms with Crippen molar-refractivity contribution < 1.29 is 4.74 Å². The summed E-state index contributed by atoms with van der Waals surface area (Å²) in [6.45, 7) is 3.37. The second-order valence-corrected chi connectivity index (χ2v) is 6.38. The Morgan fingerprint density at radius 3 is 2.73 bits per heavy atom.